The summed E-state index contributed by atoms with van der Waals surface area (Å²) in [4.78, 5) is 0. The summed E-state index contributed by atoms with van der Waals surface area (Å²) < 4.78 is 0. The second kappa shape index (κ2) is 3.94. The van der Waals surface area contributed by atoms with Gasteiger partial charge in [-0.15, -0.1) is 0 Å². The molecule has 2 nitrogen and oxygen atoms in total. The molecule has 1 aliphatic rings. The molecule has 64 valence electrons. The highest BCUT2D eigenvalue weighted by molar-refractivity contribution is 4.83. The first-order valence-corrected chi connectivity index (χ1v) is 4.23. The van der Waals surface area contributed by atoms with Crippen LogP contribution in [0.5, 0.6) is 0 Å². The number of hydrogen-bond donors (Lipinski definition) is 2. The number of hydrogen-bond acceptors (Lipinski definition) is 2. The van der Waals surface area contributed by atoms with Crippen molar-refractivity contribution in [1.29, 1.82) is 0 Å². The average Bonchev–Trinajstić information content (AvgIpc) is 2.04. The van der Waals surface area contributed by atoms with Gasteiger partial charge < -0.3 is 10.6 Å². The first-order valence-electron chi connectivity index (χ1n) is 4.23. The van der Waals surface area contributed by atoms with Gasteiger partial charge >= 0.3 is 0 Å². The van der Waals surface area contributed by atoms with Crippen LogP contribution < -0.4 is 10.6 Å². The van der Waals surface area contributed by atoms with Crippen LogP contribution in [-0.4, -0.2) is 26.2 Å². The van der Waals surface area contributed by atoms with Crippen LogP contribution in [0.2, 0.25) is 0 Å². The summed E-state index contributed by atoms with van der Waals surface area (Å²) in [5.74, 6) is 0. The Hall–Kier alpha value is -0.0800. The van der Waals surface area contributed by atoms with Crippen molar-refractivity contribution in [2.75, 3.05) is 14.1 Å². The summed E-state index contributed by atoms with van der Waals surface area (Å²) in [6.07, 6.45) is 5.46. The fourth-order valence-electron chi connectivity index (χ4n) is 1.82. The van der Waals surface area contributed by atoms with Gasteiger partial charge in [-0.1, -0.05) is 12.8 Å². The van der Waals surface area contributed by atoms with E-state index in [1.54, 1.807) is 0 Å². The van der Waals surface area contributed by atoms with Gasteiger partial charge in [0, 0.05) is 14.9 Å². The van der Waals surface area contributed by atoms with Crippen molar-refractivity contribution in [1.82, 2.24) is 10.6 Å². The zero-order chi connectivity index (χ0) is 7.40. The molecule has 0 aromatic rings. The molecule has 1 fully saturated rings. The maximum Gasteiger partial charge on any atom is 0.0218 e. The average molecular weight is 146 g/mol. The maximum absolute atomic E-state index is 3.34. The zero-order valence-corrected chi connectivity index (χ0v) is 6.98. The van der Waals surface area contributed by atoms with Gasteiger partial charge in [0.1, 0.15) is 0 Å². The monoisotopic (exact) mass is 146 g/mol. The second-order valence-electron chi connectivity index (χ2n) is 3.07. The van der Waals surface area contributed by atoms with Gasteiger partial charge in [-0.25, -0.2) is 0 Å². The molecule has 0 aromatic heterocycles. The standard InChI is InChI=1S/C8H18N2.2H2/c1-9-7-5-3-4-6-8(7)10-2;;/h7-10H,3-6H2,1-2H3;2*1H/t7-,8-;;/m1../s1. The van der Waals surface area contributed by atoms with Gasteiger partial charge in [-0.2, -0.15) is 0 Å². The minimum atomic E-state index is 0. The lowest BCUT2D eigenvalue weighted by molar-refractivity contribution is 0.309. The lowest BCUT2D eigenvalue weighted by Crippen LogP contribution is -2.47. The van der Waals surface area contributed by atoms with E-state index >= 15 is 0 Å². The molecule has 0 amide bonds. The van der Waals surface area contributed by atoms with Crippen molar-refractivity contribution in [3.63, 3.8) is 0 Å². The number of rotatable bonds is 2. The molecule has 0 radical (unpaired) electrons. The predicted octanol–water partition coefficient (Wildman–Crippen LogP) is 1.23. The molecule has 2 heteroatoms. The van der Waals surface area contributed by atoms with E-state index in [1.807, 2.05) is 0 Å². The molecule has 1 rings (SSSR count). The molecular formula is C8H22N2. The third-order valence-corrected chi connectivity index (χ3v) is 2.51. The quantitative estimate of drug-likeness (QED) is 0.612. The Morgan fingerprint density at radius 1 is 1.00 bits per heavy atom. The summed E-state index contributed by atoms with van der Waals surface area (Å²) >= 11 is 0. The van der Waals surface area contributed by atoms with Crippen LogP contribution in [0.3, 0.4) is 0 Å². The smallest absolute Gasteiger partial charge is 0.0218 e. The molecule has 10 heavy (non-hydrogen) atoms. The van der Waals surface area contributed by atoms with Crippen molar-refractivity contribution >= 4 is 0 Å². The van der Waals surface area contributed by atoms with Gasteiger partial charge in [-0.3, -0.25) is 0 Å². The Morgan fingerprint density at radius 2 is 1.40 bits per heavy atom. The minimum Gasteiger partial charge on any atom is -0.315 e. The van der Waals surface area contributed by atoms with Crippen LogP contribution in [0.4, 0.5) is 0 Å². The van der Waals surface area contributed by atoms with Gasteiger partial charge in [0.15, 0.2) is 0 Å². The highest BCUT2D eigenvalue weighted by Crippen LogP contribution is 2.17. The van der Waals surface area contributed by atoms with Crippen molar-refractivity contribution in [2.24, 2.45) is 0 Å². The van der Waals surface area contributed by atoms with Crippen LogP contribution in [-0.2, 0) is 0 Å². The van der Waals surface area contributed by atoms with Gasteiger partial charge in [0.25, 0.3) is 0 Å². The third-order valence-electron chi connectivity index (χ3n) is 2.51. The molecule has 0 heterocycles. The zero-order valence-electron chi connectivity index (χ0n) is 6.98. The van der Waals surface area contributed by atoms with E-state index in [9.17, 15) is 0 Å². The fraction of sp³-hybridized carbons (Fsp3) is 1.00. The van der Waals surface area contributed by atoms with E-state index in [0.29, 0.717) is 12.1 Å². The van der Waals surface area contributed by atoms with Crippen molar-refractivity contribution in [2.45, 2.75) is 37.8 Å². The Kier molecular flexibility index (Phi) is 3.16. The third kappa shape index (κ3) is 1.70. The molecule has 0 aliphatic heterocycles. The van der Waals surface area contributed by atoms with Crippen LogP contribution >= 0.6 is 0 Å². The highest BCUT2D eigenvalue weighted by Gasteiger charge is 2.21. The lowest BCUT2D eigenvalue weighted by atomic mass is 9.91. The molecule has 0 unspecified atom stereocenters. The van der Waals surface area contributed by atoms with E-state index in [1.165, 1.54) is 25.7 Å². The molecule has 0 saturated heterocycles. The predicted molar refractivity (Wildman–Crippen MR) is 48.4 cm³/mol. The summed E-state index contributed by atoms with van der Waals surface area (Å²) in [7, 11) is 4.11. The number of nitrogens with one attached hydrogen (secondary N) is 2. The molecule has 0 spiro atoms. The Labute approximate surface area is 66.4 Å². The first-order chi connectivity index (χ1) is 4.88. The summed E-state index contributed by atoms with van der Waals surface area (Å²) in [5, 5.41) is 6.68. The van der Waals surface area contributed by atoms with Gasteiger partial charge in [0.2, 0.25) is 0 Å². The molecule has 0 bridgehead atoms. The lowest BCUT2D eigenvalue weighted by Gasteiger charge is -2.30. The van der Waals surface area contributed by atoms with Crippen LogP contribution in [0.15, 0.2) is 0 Å². The van der Waals surface area contributed by atoms with Crippen molar-refractivity contribution in [3.05, 3.63) is 0 Å². The normalized spacial score (nSPS) is 34.2. The van der Waals surface area contributed by atoms with Crippen molar-refractivity contribution < 1.29 is 2.85 Å². The second-order valence-corrected chi connectivity index (χ2v) is 3.07. The van der Waals surface area contributed by atoms with E-state index in [4.69, 9.17) is 0 Å². The van der Waals surface area contributed by atoms with Crippen molar-refractivity contribution in [3.8, 4) is 0 Å². The molecule has 2 N–H and O–H groups in total. The first kappa shape index (κ1) is 8.02. The Morgan fingerprint density at radius 3 is 1.70 bits per heavy atom. The van der Waals surface area contributed by atoms with E-state index < -0.39 is 0 Å². The van der Waals surface area contributed by atoms with E-state index in [-0.39, 0.29) is 2.85 Å². The molecule has 1 aliphatic carbocycles. The van der Waals surface area contributed by atoms with Crippen LogP contribution in [0, 0.1) is 0 Å². The Balaban J connectivity index is 0. The summed E-state index contributed by atoms with van der Waals surface area (Å²) in [5.41, 5.74) is 0. The number of likely N-dealkylation sites (N-methyl/N-ethyl adjacent to an activating group) is 2. The summed E-state index contributed by atoms with van der Waals surface area (Å²) in [6, 6.07) is 1.41. The van der Waals surface area contributed by atoms with Gasteiger partial charge in [0.05, 0.1) is 0 Å². The largest absolute Gasteiger partial charge is 0.315 e. The SMILES string of the molecule is CN[C@@H]1CCCC[C@H]1NC.[HH].[HH]. The highest BCUT2D eigenvalue weighted by atomic mass is 15.0. The Bertz CT molecular complexity index is 89.1. The summed E-state index contributed by atoms with van der Waals surface area (Å²) in [6.45, 7) is 0. The van der Waals surface area contributed by atoms with E-state index in [0.717, 1.165) is 0 Å². The van der Waals surface area contributed by atoms with Gasteiger partial charge in [-0.05, 0) is 26.9 Å². The maximum atomic E-state index is 3.34. The molecular weight excluding hydrogens is 124 g/mol. The molecule has 2 atom stereocenters. The van der Waals surface area contributed by atoms with Crippen LogP contribution in [0.25, 0.3) is 0 Å². The topological polar surface area (TPSA) is 24.1 Å². The van der Waals surface area contributed by atoms with E-state index in [2.05, 4.69) is 24.7 Å². The molecule has 0 aromatic carbocycles. The van der Waals surface area contributed by atoms with Crippen LogP contribution in [0.1, 0.15) is 28.5 Å². The minimum absolute atomic E-state index is 0. The molecule has 1 saturated carbocycles. The fourth-order valence-corrected chi connectivity index (χ4v) is 1.82.